The topological polar surface area (TPSA) is 66.5 Å². The van der Waals surface area contributed by atoms with Gasteiger partial charge in [0.25, 0.3) is 0 Å². The first-order chi connectivity index (χ1) is 9.08. The maximum atomic E-state index is 4.96. The van der Waals surface area contributed by atoms with Crippen LogP contribution >= 0.6 is 0 Å². The zero-order valence-electron chi connectivity index (χ0n) is 12.2. The molecule has 2 heterocycles. The molecule has 0 aliphatic carbocycles. The van der Waals surface area contributed by atoms with E-state index in [2.05, 4.69) is 39.2 Å². The lowest BCUT2D eigenvalue weighted by molar-refractivity contribution is 0.208. The Bertz CT molecular complexity index is 432. The van der Waals surface area contributed by atoms with Gasteiger partial charge in [0.2, 0.25) is 5.89 Å². The molecule has 1 aromatic rings. The molecular weight excluding hydrogens is 242 g/mol. The molecule has 1 saturated heterocycles. The standard InChI is InChI=1S/C13H23N5O/c1-9-5-10(2)8-18(7-9)13(14-4)15-6-12-16-11(3)19-17-12/h9-10H,5-8H2,1-4H3,(H,14,15). The van der Waals surface area contributed by atoms with Crippen LogP contribution in [0.15, 0.2) is 9.52 Å². The van der Waals surface area contributed by atoms with Crippen molar-refractivity contribution in [3.8, 4) is 0 Å². The van der Waals surface area contributed by atoms with E-state index in [1.165, 1.54) is 6.42 Å². The number of guanidine groups is 1. The highest BCUT2D eigenvalue weighted by atomic mass is 16.5. The van der Waals surface area contributed by atoms with E-state index < -0.39 is 0 Å². The Balaban J connectivity index is 1.93. The number of hydrogen-bond acceptors (Lipinski definition) is 4. The van der Waals surface area contributed by atoms with Crippen molar-refractivity contribution in [3.05, 3.63) is 11.7 Å². The van der Waals surface area contributed by atoms with Gasteiger partial charge in [-0.2, -0.15) is 4.98 Å². The van der Waals surface area contributed by atoms with Gasteiger partial charge >= 0.3 is 0 Å². The van der Waals surface area contributed by atoms with Gasteiger partial charge in [0.15, 0.2) is 11.8 Å². The Labute approximate surface area is 114 Å². The molecule has 1 aromatic heterocycles. The van der Waals surface area contributed by atoms with Gasteiger partial charge in [0, 0.05) is 27.1 Å². The van der Waals surface area contributed by atoms with Crippen LogP contribution in [-0.4, -0.2) is 41.1 Å². The second-order valence-electron chi connectivity index (χ2n) is 5.48. The molecule has 106 valence electrons. The Hall–Kier alpha value is -1.59. The lowest BCUT2D eigenvalue weighted by Crippen LogP contribution is -2.48. The van der Waals surface area contributed by atoms with Crippen LogP contribution in [0.1, 0.15) is 32.0 Å². The largest absolute Gasteiger partial charge is 0.349 e. The Morgan fingerprint density at radius 1 is 1.42 bits per heavy atom. The minimum atomic E-state index is 0.545. The molecule has 2 unspecified atom stereocenters. The van der Waals surface area contributed by atoms with Crippen LogP contribution in [0.5, 0.6) is 0 Å². The molecule has 1 aliphatic heterocycles. The van der Waals surface area contributed by atoms with Crippen molar-refractivity contribution in [2.75, 3.05) is 20.1 Å². The lowest BCUT2D eigenvalue weighted by atomic mass is 9.92. The zero-order chi connectivity index (χ0) is 13.8. The molecule has 0 aromatic carbocycles. The molecule has 1 N–H and O–H groups in total. The number of aromatic nitrogens is 2. The number of aryl methyl sites for hydroxylation is 1. The molecule has 0 spiro atoms. The molecule has 1 fully saturated rings. The number of rotatable bonds is 2. The fourth-order valence-electron chi connectivity index (χ4n) is 2.74. The van der Waals surface area contributed by atoms with Crippen molar-refractivity contribution in [1.82, 2.24) is 20.4 Å². The summed E-state index contributed by atoms with van der Waals surface area (Å²) in [6.07, 6.45) is 1.29. The van der Waals surface area contributed by atoms with Crippen molar-refractivity contribution in [3.63, 3.8) is 0 Å². The predicted octanol–water partition coefficient (Wildman–Crippen LogP) is 1.43. The van der Waals surface area contributed by atoms with Crippen molar-refractivity contribution in [1.29, 1.82) is 0 Å². The van der Waals surface area contributed by atoms with E-state index in [1.807, 2.05) is 7.05 Å². The van der Waals surface area contributed by atoms with Crippen molar-refractivity contribution in [2.24, 2.45) is 16.8 Å². The van der Waals surface area contributed by atoms with Gasteiger partial charge in [0.1, 0.15) is 0 Å². The first kappa shape index (κ1) is 13.8. The van der Waals surface area contributed by atoms with E-state index in [4.69, 9.17) is 4.52 Å². The summed E-state index contributed by atoms with van der Waals surface area (Å²) in [6.45, 7) is 9.02. The maximum absolute atomic E-state index is 4.96. The van der Waals surface area contributed by atoms with E-state index in [1.54, 1.807) is 6.92 Å². The minimum Gasteiger partial charge on any atom is -0.349 e. The second kappa shape index (κ2) is 6.04. The molecule has 0 saturated carbocycles. The molecule has 0 radical (unpaired) electrons. The number of nitrogens with one attached hydrogen (secondary N) is 1. The molecule has 6 heteroatoms. The Kier molecular flexibility index (Phi) is 4.39. The summed E-state index contributed by atoms with van der Waals surface area (Å²) >= 11 is 0. The van der Waals surface area contributed by atoms with Gasteiger partial charge in [-0.25, -0.2) is 0 Å². The van der Waals surface area contributed by atoms with Crippen LogP contribution in [0.4, 0.5) is 0 Å². The van der Waals surface area contributed by atoms with E-state index in [0.717, 1.165) is 19.0 Å². The smallest absolute Gasteiger partial charge is 0.223 e. The monoisotopic (exact) mass is 265 g/mol. The SMILES string of the molecule is CN=C(NCc1noc(C)n1)N1CC(C)CC(C)C1. The van der Waals surface area contributed by atoms with E-state index >= 15 is 0 Å². The zero-order valence-corrected chi connectivity index (χ0v) is 12.2. The lowest BCUT2D eigenvalue weighted by Gasteiger charge is -2.36. The number of piperidine rings is 1. The normalized spacial score (nSPS) is 24.6. The molecular formula is C13H23N5O. The summed E-state index contributed by atoms with van der Waals surface area (Å²) < 4.78 is 4.96. The number of hydrogen-bond donors (Lipinski definition) is 1. The second-order valence-corrected chi connectivity index (χ2v) is 5.48. The van der Waals surface area contributed by atoms with E-state index in [0.29, 0.717) is 30.1 Å². The van der Waals surface area contributed by atoms with Gasteiger partial charge in [-0.05, 0) is 18.3 Å². The van der Waals surface area contributed by atoms with Gasteiger partial charge in [-0.1, -0.05) is 19.0 Å². The van der Waals surface area contributed by atoms with Crippen molar-refractivity contribution < 1.29 is 4.52 Å². The molecule has 6 nitrogen and oxygen atoms in total. The summed E-state index contributed by atoms with van der Waals surface area (Å²) in [5, 5.41) is 7.18. The Morgan fingerprint density at radius 2 is 2.11 bits per heavy atom. The third-order valence-electron chi connectivity index (χ3n) is 3.35. The summed E-state index contributed by atoms with van der Waals surface area (Å²) in [4.78, 5) is 10.8. The van der Waals surface area contributed by atoms with Gasteiger partial charge < -0.3 is 14.7 Å². The molecule has 0 bridgehead atoms. The first-order valence-corrected chi connectivity index (χ1v) is 6.83. The summed E-state index contributed by atoms with van der Waals surface area (Å²) in [6, 6.07) is 0. The highest BCUT2D eigenvalue weighted by molar-refractivity contribution is 5.79. The van der Waals surface area contributed by atoms with Crippen molar-refractivity contribution >= 4 is 5.96 Å². The van der Waals surface area contributed by atoms with Crippen LogP contribution in [0.2, 0.25) is 0 Å². The molecule has 2 rings (SSSR count). The summed E-state index contributed by atoms with van der Waals surface area (Å²) in [7, 11) is 1.81. The fourth-order valence-corrected chi connectivity index (χ4v) is 2.74. The molecule has 0 amide bonds. The number of likely N-dealkylation sites (tertiary alicyclic amines) is 1. The van der Waals surface area contributed by atoms with Crippen LogP contribution in [-0.2, 0) is 6.54 Å². The fraction of sp³-hybridized carbons (Fsp3) is 0.769. The predicted molar refractivity (Wildman–Crippen MR) is 73.8 cm³/mol. The third-order valence-corrected chi connectivity index (χ3v) is 3.35. The van der Waals surface area contributed by atoms with Crippen LogP contribution < -0.4 is 5.32 Å². The summed E-state index contributed by atoms with van der Waals surface area (Å²) in [5.41, 5.74) is 0. The van der Waals surface area contributed by atoms with Gasteiger partial charge in [0.05, 0.1) is 6.54 Å². The van der Waals surface area contributed by atoms with Gasteiger partial charge in [-0.3, -0.25) is 4.99 Å². The highest BCUT2D eigenvalue weighted by Crippen LogP contribution is 2.20. The minimum absolute atomic E-state index is 0.545. The molecule has 2 atom stereocenters. The van der Waals surface area contributed by atoms with Crippen LogP contribution in [0.25, 0.3) is 0 Å². The number of nitrogens with zero attached hydrogens (tertiary/aromatic N) is 4. The van der Waals surface area contributed by atoms with Crippen LogP contribution in [0.3, 0.4) is 0 Å². The average Bonchev–Trinajstić information content (AvgIpc) is 2.75. The van der Waals surface area contributed by atoms with E-state index in [9.17, 15) is 0 Å². The van der Waals surface area contributed by atoms with E-state index in [-0.39, 0.29) is 0 Å². The number of aliphatic imine (C=N–C) groups is 1. The first-order valence-electron chi connectivity index (χ1n) is 6.83. The third kappa shape index (κ3) is 3.68. The maximum Gasteiger partial charge on any atom is 0.223 e. The summed E-state index contributed by atoms with van der Waals surface area (Å²) in [5.74, 6) is 3.58. The average molecular weight is 265 g/mol. The molecule has 1 aliphatic rings. The van der Waals surface area contributed by atoms with Crippen LogP contribution in [0, 0.1) is 18.8 Å². The van der Waals surface area contributed by atoms with Gasteiger partial charge in [-0.15, -0.1) is 0 Å². The Morgan fingerprint density at radius 3 is 2.63 bits per heavy atom. The molecule has 19 heavy (non-hydrogen) atoms. The quantitative estimate of drug-likeness (QED) is 0.647. The highest BCUT2D eigenvalue weighted by Gasteiger charge is 2.24. The van der Waals surface area contributed by atoms with Crippen molar-refractivity contribution in [2.45, 2.75) is 33.7 Å².